The minimum atomic E-state index is -0.647. The van der Waals surface area contributed by atoms with Crippen LogP contribution >= 0.6 is 15.9 Å². The first-order valence-corrected chi connectivity index (χ1v) is 6.38. The van der Waals surface area contributed by atoms with Gasteiger partial charge in [-0.15, -0.1) is 0 Å². The van der Waals surface area contributed by atoms with E-state index in [1.165, 1.54) is 4.90 Å². The average molecular weight is 313 g/mol. The van der Waals surface area contributed by atoms with Crippen molar-refractivity contribution in [1.82, 2.24) is 15.2 Å². The summed E-state index contributed by atoms with van der Waals surface area (Å²) >= 11 is 3.25. The van der Waals surface area contributed by atoms with Gasteiger partial charge >= 0.3 is 11.8 Å². The molecular formula is C11H13BrN4O2. The van der Waals surface area contributed by atoms with E-state index in [1.54, 1.807) is 18.3 Å². The van der Waals surface area contributed by atoms with Gasteiger partial charge in [-0.3, -0.25) is 9.59 Å². The van der Waals surface area contributed by atoms with Crippen LogP contribution in [0, 0.1) is 0 Å². The number of nitrogens with one attached hydrogen (secondary N) is 2. The second-order valence-electron chi connectivity index (χ2n) is 3.86. The van der Waals surface area contributed by atoms with E-state index in [9.17, 15) is 9.59 Å². The van der Waals surface area contributed by atoms with Crippen LogP contribution in [0.2, 0.25) is 0 Å². The summed E-state index contributed by atoms with van der Waals surface area (Å²) in [5.74, 6) is -0.792. The molecule has 1 saturated heterocycles. The molecule has 1 aromatic rings. The molecule has 6 nitrogen and oxygen atoms in total. The van der Waals surface area contributed by atoms with Crippen LogP contribution in [0.1, 0.15) is 0 Å². The second-order valence-corrected chi connectivity index (χ2v) is 4.77. The number of aromatic nitrogens is 1. The van der Waals surface area contributed by atoms with Crippen LogP contribution in [0.4, 0.5) is 5.82 Å². The fourth-order valence-electron chi connectivity index (χ4n) is 1.63. The molecular weight excluding hydrogens is 300 g/mol. The van der Waals surface area contributed by atoms with Gasteiger partial charge in [0.1, 0.15) is 5.82 Å². The number of rotatable bonds is 1. The zero-order valence-electron chi connectivity index (χ0n) is 9.65. The normalized spacial score (nSPS) is 15.3. The summed E-state index contributed by atoms with van der Waals surface area (Å²) in [6.45, 7) is 2.55. The number of hydrogen-bond donors (Lipinski definition) is 2. The predicted octanol–water partition coefficient (Wildman–Crippen LogP) is 0.214. The standard InChI is InChI=1S/C11H13BrN4O2/c12-8-1-2-9(14-7-8)15-10(17)11(18)16-5-3-13-4-6-16/h1-2,7,13H,3-6H2,(H,14,15,17). The van der Waals surface area contributed by atoms with E-state index in [1.807, 2.05) is 0 Å². The summed E-state index contributed by atoms with van der Waals surface area (Å²) < 4.78 is 0.814. The monoisotopic (exact) mass is 312 g/mol. The van der Waals surface area contributed by atoms with E-state index in [-0.39, 0.29) is 0 Å². The quantitative estimate of drug-likeness (QED) is 0.727. The topological polar surface area (TPSA) is 74.3 Å². The second kappa shape index (κ2) is 5.92. The van der Waals surface area contributed by atoms with Crippen LogP contribution in [-0.2, 0) is 9.59 Å². The maximum Gasteiger partial charge on any atom is 0.315 e. The highest BCUT2D eigenvalue weighted by Crippen LogP contribution is 2.10. The number of carbonyl (C=O) groups is 2. The number of amides is 2. The first-order chi connectivity index (χ1) is 8.66. The van der Waals surface area contributed by atoms with Gasteiger partial charge < -0.3 is 15.5 Å². The van der Waals surface area contributed by atoms with Crippen molar-refractivity contribution in [1.29, 1.82) is 0 Å². The summed E-state index contributed by atoms with van der Waals surface area (Å²) in [5, 5.41) is 5.60. The fraction of sp³-hybridized carbons (Fsp3) is 0.364. The molecule has 0 saturated carbocycles. The van der Waals surface area contributed by atoms with Gasteiger partial charge in [0.15, 0.2) is 0 Å². The summed E-state index contributed by atoms with van der Waals surface area (Å²) in [7, 11) is 0. The minimum Gasteiger partial charge on any atom is -0.332 e. The van der Waals surface area contributed by atoms with E-state index < -0.39 is 11.8 Å². The van der Waals surface area contributed by atoms with E-state index in [0.717, 1.165) is 17.6 Å². The van der Waals surface area contributed by atoms with E-state index >= 15 is 0 Å². The highest BCUT2D eigenvalue weighted by atomic mass is 79.9. The van der Waals surface area contributed by atoms with Crippen LogP contribution in [0.15, 0.2) is 22.8 Å². The first-order valence-electron chi connectivity index (χ1n) is 5.59. The molecule has 2 amide bonds. The molecule has 1 aliphatic heterocycles. The highest BCUT2D eigenvalue weighted by Gasteiger charge is 2.23. The zero-order valence-corrected chi connectivity index (χ0v) is 11.2. The molecule has 0 aromatic carbocycles. The lowest BCUT2D eigenvalue weighted by Crippen LogP contribution is -2.49. The molecule has 1 aliphatic rings. The van der Waals surface area contributed by atoms with Crippen molar-refractivity contribution in [2.75, 3.05) is 31.5 Å². The van der Waals surface area contributed by atoms with Crippen LogP contribution in [0.25, 0.3) is 0 Å². The lowest BCUT2D eigenvalue weighted by molar-refractivity contribution is -0.143. The molecule has 7 heteroatoms. The van der Waals surface area contributed by atoms with Gasteiger partial charge in [-0.05, 0) is 28.1 Å². The Kier molecular flexibility index (Phi) is 4.27. The van der Waals surface area contributed by atoms with Gasteiger partial charge in [-0.1, -0.05) is 0 Å². The van der Waals surface area contributed by atoms with Crippen LogP contribution in [-0.4, -0.2) is 47.9 Å². The minimum absolute atomic E-state index is 0.367. The third-order valence-electron chi connectivity index (χ3n) is 2.57. The molecule has 0 unspecified atom stereocenters. The molecule has 96 valence electrons. The van der Waals surface area contributed by atoms with E-state index in [0.29, 0.717) is 18.9 Å². The van der Waals surface area contributed by atoms with Gasteiger partial charge in [0.05, 0.1) is 0 Å². The van der Waals surface area contributed by atoms with Crippen molar-refractivity contribution in [3.05, 3.63) is 22.8 Å². The number of nitrogens with zero attached hydrogens (tertiary/aromatic N) is 2. The van der Waals surface area contributed by atoms with Gasteiger partial charge in [0, 0.05) is 36.8 Å². The zero-order chi connectivity index (χ0) is 13.0. The van der Waals surface area contributed by atoms with Crippen molar-refractivity contribution in [3.8, 4) is 0 Å². The van der Waals surface area contributed by atoms with Crippen molar-refractivity contribution in [3.63, 3.8) is 0 Å². The SMILES string of the molecule is O=C(Nc1ccc(Br)cn1)C(=O)N1CCNCC1. The van der Waals surface area contributed by atoms with Crippen LogP contribution in [0.3, 0.4) is 0 Å². The smallest absolute Gasteiger partial charge is 0.315 e. The van der Waals surface area contributed by atoms with Gasteiger partial charge in [0.2, 0.25) is 0 Å². The Morgan fingerprint density at radius 3 is 2.67 bits per heavy atom. The number of pyridine rings is 1. The Morgan fingerprint density at radius 2 is 2.06 bits per heavy atom. The molecule has 0 aliphatic carbocycles. The molecule has 1 fully saturated rings. The largest absolute Gasteiger partial charge is 0.332 e. The molecule has 0 radical (unpaired) electrons. The lowest BCUT2D eigenvalue weighted by Gasteiger charge is -2.26. The van der Waals surface area contributed by atoms with E-state index in [4.69, 9.17) is 0 Å². The maximum atomic E-state index is 11.8. The Labute approximate surface area is 113 Å². The Hall–Kier alpha value is -1.47. The van der Waals surface area contributed by atoms with Crippen molar-refractivity contribution < 1.29 is 9.59 Å². The average Bonchev–Trinajstić information content (AvgIpc) is 2.41. The van der Waals surface area contributed by atoms with Crippen molar-refractivity contribution in [2.45, 2.75) is 0 Å². The molecule has 2 heterocycles. The first kappa shape index (κ1) is 13.0. The molecule has 2 N–H and O–H groups in total. The fourth-order valence-corrected chi connectivity index (χ4v) is 1.87. The summed E-state index contributed by atoms with van der Waals surface area (Å²) in [4.78, 5) is 29.1. The number of halogens is 1. The molecule has 18 heavy (non-hydrogen) atoms. The van der Waals surface area contributed by atoms with Gasteiger partial charge in [-0.2, -0.15) is 0 Å². The predicted molar refractivity (Wildman–Crippen MR) is 70.0 cm³/mol. The Balaban J connectivity index is 1.94. The Morgan fingerprint density at radius 1 is 1.33 bits per heavy atom. The number of carbonyl (C=O) groups excluding carboxylic acids is 2. The summed E-state index contributed by atoms with van der Waals surface area (Å²) in [6.07, 6.45) is 1.56. The van der Waals surface area contributed by atoms with Gasteiger partial charge in [-0.25, -0.2) is 4.98 Å². The van der Waals surface area contributed by atoms with Crippen molar-refractivity contribution in [2.24, 2.45) is 0 Å². The number of hydrogen-bond acceptors (Lipinski definition) is 4. The van der Waals surface area contributed by atoms with Crippen LogP contribution in [0.5, 0.6) is 0 Å². The Bertz CT molecular complexity index is 443. The van der Waals surface area contributed by atoms with Crippen LogP contribution < -0.4 is 10.6 Å². The number of anilines is 1. The number of piperazine rings is 1. The summed E-state index contributed by atoms with van der Waals surface area (Å²) in [6, 6.07) is 3.38. The van der Waals surface area contributed by atoms with E-state index in [2.05, 4.69) is 31.5 Å². The lowest BCUT2D eigenvalue weighted by atomic mass is 10.3. The summed E-state index contributed by atoms with van der Waals surface area (Å²) in [5.41, 5.74) is 0. The van der Waals surface area contributed by atoms with Crippen molar-refractivity contribution >= 4 is 33.6 Å². The molecule has 0 atom stereocenters. The third kappa shape index (κ3) is 3.27. The van der Waals surface area contributed by atoms with Gasteiger partial charge in [0.25, 0.3) is 0 Å². The third-order valence-corrected chi connectivity index (χ3v) is 3.04. The maximum absolute atomic E-state index is 11.8. The molecule has 0 bridgehead atoms. The molecule has 2 rings (SSSR count). The molecule has 0 spiro atoms. The highest BCUT2D eigenvalue weighted by molar-refractivity contribution is 9.10. The molecule has 1 aromatic heterocycles.